The molecule has 0 radical (unpaired) electrons. The van der Waals surface area contributed by atoms with E-state index >= 15 is 0 Å². The number of nitrogens with one attached hydrogen (secondary N) is 1. The van der Waals surface area contributed by atoms with Crippen molar-refractivity contribution in [3.8, 4) is 5.75 Å². The van der Waals surface area contributed by atoms with E-state index in [1.54, 1.807) is 38.8 Å². The van der Waals surface area contributed by atoms with Gasteiger partial charge in [-0.05, 0) is 75.1 Å². The van der Waals surface area contributed by atoms with Crippen LogP contribution in [0.5, 0.6) is 5.75 Å². The number of anilines is 1. The van der Waals surface area contributed by atoms with Crippen LogP contribution in [0.3, 0.4) is 0 Å². The molecule has 3 fully saturated rings. The zero-order chi connectivity index (χ0) is 47.8. The number of piperazine rings is 1. The highest BCUT2D eigenvalue weighted by atomic mass is 35.5. The smallest absolute Gasteiger partial charge is 0.262 e. The lowest BCUT2D eigenvalue weighted by molar-refractivity contribution is -0.136. The van der Waals surface area contributed by atoms with Crippen LogP contribution in [-0.4, -0.2) is 153 Å². The molecule has 0 saturated carbocycles. The number of methoxy groups -OCH3 is 1. The monoisotopic (exact) mass is 967 g/mol. The minimum atomic E-state index is -2.47. The number of carbonyl (C=O) groups is 4. The Kier molecular flexibility index (Phi) is 16.4. The molecule has 3 aromatic carbocycles. The van der Waals surface area contributed by atoms with E-state index < -0.39 is 36.8 Å². The molecule has 15 nitrogen and oxygen atoms in total. The fourth-order valence-corrected chi connectivity index (χ4v) is 11.4. The first-order valence-electron chi connectivity index (χ1n) is 23.9. The first-order valence-corrected chi connectivity index (χ1v) is 26.9. The van der Waals surface area contributed by atoms with Gasteiger partial charge in [-0.25, -0.2) is 9.97 Å². The van der Waals surface area contributed by atoms with E-state index in [0.29, 0.717) is 85.8 Å². The van der Waals surface area contributed by atoms with E-state index in [1.165, 1.54) is 0 Å². The highest BCUT2D eigenvalue weighted by molar-refractivity contribution is 7.70. The quantitative estimate of drug-likeness (QED) is 0.0662. The van der Waals surface area contributed by atoms with Gasteiger partial charge in [-0.1, -0.05) is 54.1 Å². The number of amides is 4. The standard InChI is InChI=1S/C51H63ClN7O8P/c1-65-44-33-39(15-14-36(44)32-46-53-34-41(52)42(54-46)31-37-9-4-5-13-45(37)68(2,3)64)57-21-18-38(19-22-57)58-25-23-56(24-26-58)20-8-28-67-30-29-66-27-7-11-35-10-6-12-40-48(35)51(63)59(50(40)62)43-16-17-47(60)55-49(43)61/h4-6,9-10,12-15,33-34,38,43H,7-8,11,16-32H2,1-3H3,(H,55,60,61). The van der Waals surface area contributed by atoms with Crippen LogP contribution in [0.25, 0.3) is 0 Å². The van der Waals surface area contributed by atoms with Crippen molar-refractivity contribution in [1.82, 2.24) is 30.0 Å². The number of hydrogen-bond donors (Lipinski definition) is 1. The second-order valence-corrected chi connectivity index (χ2v) is 22.1. The van der Waals surface area contributed by atoms with E-state index in [-0.39, 0.29) is 12.8 Å². The molecule has 4 aromatic rings. The molecule has 3 saturated heterocycles. The highest BCUT2D eigenvalue weighted by Gasteiger charge is 2.45. The summed E-state index contributed by atoms with van der Waals surface area (Å²) in [7, 11) is -0.764. The lowest BCUT2D eigenvalue weighted by atomic mass is 9.99. The predicted molar refractivity (Wildman–Crippen MR) is 262 cm³/mol. The maximum absolute atomic E-state index is 13.3. The summed E-state index contributed by atoms with van der Waals surface area (Å²) in [5, 5.41) is 3.58. The van der Waals surface area contributed by atoms with E-state index in [4.69, 9.17) is 30.8 Å². The van der Waals surface area contributed by atoms with E-state index in [1.807, 2.05) is 30.3 Å². The SMILES string of the molecule is COc1cc(N2CCC(N3CCN(CCCOCCOCCCc4cccc5c4C(=O)N(C4CCC(=O)NC4=O)C5=O)CC3)CC2)ccc1Cc1ncc(Cl)c(Cc2ccccc2P(C)(C)=O)n1. The molecular weight excluding hydrogens is 905 g/mol. The van der Waals surface area contributed by atoms with E-state index in [2.05, 4.69) is 43.2 Å². The van der Waals surface area contributed by atoms with Crippen LogP contribution in [0.4, 0.5) is 5.69 Å². The maximum Gasteiger partial charge on any atom is 0.262 e. The molecule has 8 rings (SSSR count). The van der Waals surface area contributed by atoms with Gasteiger partial charge in [-0.3, -0.25) is 34.3 Å². The lowest BCUT2D eigenvalue weighted by Gasteiger charge is -2.43. The van der Waals surface area contributed by atoms with Crippen LogP contribution in [0, 0.1) is 0 Å². The summed E-state index contributed by atoms with van der Waals surface area (Å²) >= 11 is 6.58. The number of fused-ring (bicyclic) bond motifs is 1. The van der Waals surface area contributed by atoms with Gasteiger partial charge >= 0.3 is 0 Å². The molecule has 0 aliphatic carbocycles. The molecule has 0 bridgehead atoms. The van der Waals surface area contributed by atoms with Gasteiger partial charge in [0.15, 0.2) is 0 Å². The minimum absolute atomic E-state index is 0.0884. The third-order valence-electron chi connectivity index (χ3n) is 13.6. The molecule has 5 heterocycles. The molecule has 1 unspecified atom stereocenters. The Bertz CT molecular complexity index is 2520. The number of hydrogen-bond acceptors (Lipinski definition) is 13. The molecule has 4 aliphatic rings. The molecule has 4 aliphatic heterocycles. The van der Waals surface area contributed by atoms with Crippen LogP contribution in [0.1, 0.15) is 87.4 Å². The summed E-state index contributed by atoms with van der Waals surface area (Å²) < 4.78 is 30.6. The molecule has 68 heavy (non-hydrogen) atoms. The first-order chi connectivity index (χ1) is 32.9. The maximum atomic E-state index is 13.3. The number of carbonyl (C=O) groups excluding carboxylic acids is 4. The number of piperidine rings is 2. The Hall–Kier alpha value is -5.02. The van der Waals surface area contributed by atoms with Gasteiger partial charge in [0.1, 0.15) is 24.8 Å². The summed E-state index contributed by atoms with van der Waals surface area (Å²) in [6.07, 6.45) is 7.29. The van der Waals surface area contributed by atoms with Crippen molar-refractivity contribution >= 4 is 53.4 Å². The molecule has 0 spiro atoms. The number of benzene rings is 3. The summed E-state index contributed by atoms with van der Waals surface area (Å²) in [6, 6.07) is 19.0. The number of aryl methyl sites for hydroxylation is 1. The fraction of sp³-hybridized carbons (Fsp3) is 0.490. The first kappa shape index (κ1) is 49.4. The van der Waals surface area contributed by atoms with Crippen LogP contribution in [-0.2, 0) is 42.9 Å². The largest absolute Gasteiger partial charge is 0.496 e. The van der Waals surface area contributed by atoms with Crippen molar-refractivity contribution in [3.63, 3.8) is 0 Å². The molecule has 1 aromatic heterocycles. The topological polar surface area (TPSA) is 164 Å². The van der Waals surface area contributed by atoms with Crippen molar-refractivity contribution < 1.29 is 38.0 Å². The second-order valence-electron chi connectivity index (χ2n) is 18.5. The van der Waals surface area contributed by atoms with Gasteiger partial charge in [0.2, 0.25) is 11.8 Å². The summed E-state index contributed by atoms with van der Waals surface area (Å²) in [5.74, 6) is -0.510. The van der Waals surface area contributed by atoms with Crippen LogP contribution < -0.4 is 20.3 Å². The number of ether oxygens (including phenoxy) is 3. The molecular formula is C51H63ClN7O8P. The number of imide groups is 2. The minimum Gasteiger partial charge on any atom is -0.496 e. The van der Waals surface area contributed by atoms with Gasteiger partial charge in [0.05, 0.1) is 42.2 Å². The van der Waals surface area contributed by atoms with Crippen molar-refractivity contribution in [2.24, 2.45) is 0 Å². The average Bonchev–Trinajstić information content (AvgIpc) is 3.59. The van der Waals surface area contributed by atoms with Gasteiger partial charge < -0.3 is 28.6 Å². The zero-order valence-corrected chi connectivity index (χ0v) is 41.1. The summed E-state index contributed by atoms with van der Waals surface area (Å²) in [4.78, 5) is 68.6. The number of rotatable bonds is 20. The normalized spacial score (nSPS) is 18.6. The molecule has 4 amide bonds. The number of nitrogens with zero attached hydrogens (tertiary/aromatic N) is 6. The van der Waals surface area contributed by atoms with E-state index in [0.717, 1.165) is 103 Å². The third-order valence-corrected chi connectivity index (χ3v) is 15.5. The third kappa shape index (κ3) is 11.9. The predicted octanol–water partition coefficient (Wildman–Crippen LogP) is 5.61. The van der Waals surface area contributed by atoms with E-state index in [9.17, 15) is 23.7 Å². The summed E-state index contributed by atoms with van der Waals surface area (Å²) in [6.45, 7) is 13.0. The Labute approximate surface area is 404 Å². The van der Waals surface area contributed by atoms with Crippen LogP contribution >= 0.6 is 18.7 Å². The number of halogens is 1. The van der Waals surface area contributed by atoms with Gasteiger partial charge in [0, 0.05) is 113 Å². The zero-order valence-electron chi connectivity index (χ0n) is 39.4. The Morgan fingerprint density at radius 2 is 1.53 bits per heavy atom. The lowest BCUT2D eigenvalue weighted by Crippen LogP contribution is -2.54. The number of aromatic nitrogens is 2. The van der Waals surface area contributed by atoms with Crippen molar-refractivity contribution in [2.45, 2.75) is 69.9 Å². The Morgan fingerprint density at radius 3 is 2.26 bits per heavy atom. The van der Waals surface area contributed by atoms with Crippen LogP contribution in [0.2, 0.25) is 5.02 Å². The Balaban J connectivity index is 0.696. The highest BCUT2D eigenvalue weighted by Crippen LogP contribution is 2.37. The molecule has 1 N–H and O–H groups in total. The van der Waals surface area contributed by atoms with Gasteiger partial charge in [0.25, 0.3) is 11.8 Å². The molecule has 1 atom stereocenters. The average molecular weight is 969 g/mol. The van der Waals surface area contributed by atoms with Crippen molar-refractivity contribution in [1.29, 1.82) is 0 Å². The molecule has 17 heteroatoms. The Morgan fingerprint density at radius 1 is 0.794 bits per heavy atom. The van der Waals surface area contributed by atoms with Crippen molar-refractivity contribution in [3.05, 3.63) is 111 Å². The molecule has 362 valence electrons. The van der Waals surface area contributed by atoms with Gasteiger partial charge in [-0.2, -0.15) is 0 Å². The second kappa shape index (κ2) is 22.6. The van der Waals surface area contributed by atoms with Crippen molar-refractivity contribution in [2.75, 3.05) is 97.6 Å². The van der Waals surface area contributed by atoms with Crippen LogP contribution in [0.15, 0.2) is 66.9 Å². The van der Waals surface area contributed by atoms with Gasteiger partial charge in [-0.15, -0.1) is 0 Å². The summed E-state index contributed by atoms with van der Waals surface area (Å²) in [5.41, 5.74) is 5.24. The fourth-order valence-electron chi connectivity index (χ4n) is 9.98.